The summed E-state index contributed by atoms with van der Waals surface area (Å²) in [5.41, 5.74) is 0.824. The molecule has 0 aromatic heterocycles. The van der Waals surface area contributed by atoms with Crippen LogP contribution in [-0.4, -0.2) is 22.2 Å². The Balaban J connectivity index is 2.75. The topological polar surface area (TPSA) is 12.0 Å². The maximum atomic E-state index is 3.18. The van der Waals surface area contributed by atoms with Crippen molar-refractivity contribution in [3.63, 3.8) is 0 Å². The molecule has 1 nitrogen and oxygen atoms in total. The van der Waals surface area contributed by atoms with Gasteiger partial charge in [0.05, 0.1) is 0 Å². The second-order valence-electron chi connectivity index (χ2n) is 1.60. The van der Waals surface area contributed by atoms with Gasteiger partial charge in [-0.1, -0.05) is 13.5 Å². The Morgan fingerprint density at radius 1 is 1.67 bits per heavy atom. The first-order valence-corrected chi connectivity index (χ1v) is 4.71. The van der Waals surface area contributed by atoms with Crippen LogP contribution in [0.4, 0.5) is 0 Å². The van der Waals surface area contributed by atoms with Gasteiger partial charge in [-0.2, -0.15) is 0 Å². The summed E-state index contributed by atoms with van der Waals surface area (Å²) in [6.45, 7) is 4.54. The first kappa shape index (κ1) is 6.18. The second-order valence-corrected chi connectivity index (χ2v) is 3.64. The van der Waals surface area contributed by atoms with Crippen molar-refractivity contribution in [2.45, 2.75) is 19.1 Å². The monoisotopic (exact) mass is 103 g/mol. The highest BCUT2D eigenvalue weighted by molar-refractivity contribution is 6.35. The molecule has 0 radical (unpaired) electrons. The summed E-state index contributed by atoms with van der Waals surface area (Å²) < 4.78 is 0. The SMILES string of the molecule is CNC(C)[SiH2]C. The van der Waals surface area contributed by atoms with Gasteiger partial charge < -0.3 is 5.32 Å². The van der Waals surface area contributed by atoms with Gasteiger partial charge in [0.25, 0.3) is 0 Å². The minimum absolute atomic E-state index is 0.227. The summed E-state index contributed by atoms with van der Waals surface area (Å²) in [4.78, 5) is 0. The minimum Gasteiger partial charge on any atom is -0.320 e. The van der Waals surface area contributed by atoms with E-state index < -0.39 is 0 Å². The zero-order valence-electron chi connectivity index (χ0n) is 4.78. The van der Waals surface area contributed by atoms with E-state index in [4.69, 9.17) is 0 Å². The Kier molecular flexibility index (Phi) is 3.47. The van der Waals surface area contributed by atoms with Crippen molar-refractivity contribution in [3.05, 3.63) is 0 Å². The van der Waals surface area contributed by atoms with Gasteiger partial charge in [0.2, 0.25) is 0 Å². The molecule has 0 amide bonds. The molecular formula is C4H13NSi. The van der Waals surface area contributed by atoms with Crippen LogP contribution in [0.2, 0.25) is 6.55 Å². The fourth-order valence-electron chi connectivity index (χ4n) is 0.204. The summed E-state index contributed by atoms with van der Waals surface area (Å²) >= 11 is 0. The van der Waals surface area contributed by atoms with Crippen molar-refractivity contribution in [3.8, 4) is 0 Å². The van der Waals surface area contributed by atoms with Crippen LogP contribution in [0.15, 0.2) is 0 Å². The molecule has 0 heterocycles. The molecule has 1 atom stereocenters. The average Bonchev–Trinajstić information content (AvgIpc) is 1.65. The highest BCUT2D eigenvalue weighted by Gasteiger charge is 1.87. The summed E-state index contributed by atoms with van der Waals surface area (Å²) in [6.07, 6.45) is 0. The van der Waals surface area contributed by atoms with Crippen LogP contribution >= 0.6 is 0 Å². The fourth-order valence-corrected chi connectivity index (χ4v) is 0.612. The lowest BCUT2D eigenvalue weighted by atomic mass is 10.8. The molecule has 0 saturated heterocycles. The molecule has 0 aliphatic heterocycles. The van der Waals surface area contributed by atoms with Gasteiger partial charge in [-0.25, -0.2) is 0 Å². The Morgan fingerprint density at radius 2 is 2.17 bits per heavy atom. The van der Waals surface area contributed by atoms with E-state index in [1.807, 2.05) is 7.05 Å². The number of nitrogens with one attached hydrogen (secondary N) is 1. The van der Waals surface area contributed by atoms with Crippen LogP contribution < -0.4 is 5.32 Å². The van der Waals surface area contributed by atoms with Crippen LogP contribution in [0.3, 0.4) is 0 Å². The van der Waals surface area contributed by atoms with Crippen molar-refractivity contribution < 1.29 is 0 Å². The van der Waals surface area contributed by atoms with Gasteiger partial charge in [-0.15, -0.1) is 0 Å². The van der Waals surface area contributed by atoms with E-state index in [0.717, 1.165) is 5.67 Å². The summed E-state index contributed by atoms with van der Waals surface area (Å²) in [7, 11) is 2.24. The van der Waals surface area contributed by atoms with E-state index in [-0.39, 0.29) is 9.52 Å². The number of hydrogen-bond acceptors (Lipinski definition) is 1. The van der Waals surface area contributed by atoms with E-state index in [1.165, 1.54) is 0 Å². The van der Waals surface area contributed by atoms with Crippen LogP contribution in [0.5, 0.6) is 0 Å². The third-order valence-electron chi connectivity index (χ3n) is 1.11. The lowest BCUT2D eigenvalue weighted by Gasteiger charge is -2.01. The van der Waals surface area contributed by atoms with Crippen LogP contribution in [0.1, 0.15) is 6.92 Å². The lowest BCUT2D eigenvalue weighted by molar-refractivity contribution is 0.787. The van der Waals surface area contributed by atoms with Crippen molar-refractivity contribution in [2.75, 3.05) is 7.05 Å². The van der Waals surface area contributed by atoms with Gasteiger partial charge >= 0.3 is 0 Å². The van der Waals surface area contributed by atoms with Crippen molar-refractivity contribution in [2.24, 2.45) is 0 Å². The molecule has 0 saturated carbocycles. The molecule has 0 rings (SSSR count). The van der Waals surface area contributed by atoms with Gasteiger partial charge in [-0.3, -0.25) is 0 Å². The molecule has 0 aromatic carbocycles. The van der Waals surface area contributed by atoms with Gasteiger partial charge in [-0.05, 0) is 12.7 Å². The van der Waals surface area contributed by atoms with E-state index in [2.05, 4.69) is 18.8 Å². The molecule has 1 unspecified atom stereocenters. The maximum absolute atomic E-state index is 3.18. The lowest BCUT2D eigenvalue weighted by Crippen LogP contribution is -2.25. The standard InChI is InChI=1S/C4H13NSi/c1-4(5-2)6-3/h4-5H,6H2,1-3H3. The maximum Gasteiger partial charge on any atom is 0.0370 e. The molecular weight excluding hydrogens is 90.1 g/mol. The highest BCUT2D eigenvalue weighted by Crippen LogP contribution is 1.69. The number of rotatable bonds is 2. The Hall–Kier alpha value is 0.177. The van der Waals surface area contributed by atoms with E-state index in [9.17, 15) is 0 Å². The Bertz CT molecular complexity index is 26.7. The molecule has 0 fully saturated rings. The summed E-state index contributed by atoms with van der Waals surface area (Å²) in [5.74, 6) is 0. The first-order chi connectivity index (χ1) is 2.81. The zero-order chi connectivity index (χ0) is 4.99. The Morgan fingerprint density at radius 3 is 2.17 bits per heavy atom. The van der Waals surface area contributed by atoms with Crippen molar-refractivity contribution in [1.29, 1.82) is 0 Å². The summed E-state index contributed by atoms with van der Waals surface area (Å²) in [5, 5.41) is 3.18. The normalized spacial score (nSPS) is 16.5. The van der Waals surface area contributed by atoms with Crippen LogP contribution in [0, 0.1) is 0 Å². The molecule has 0 aliphatic carbocycles. The fraction of sp³-hybridized carbons (Fsp3) is 1.00. The van der Waals surface area contributed by atoms with Crippen LogP contribution in [0.25, 0.3) is 0 Å². The quantitative estimate of drug-likeness (QED) is 0.476. The smallest absolute Gasteiger partial charge is 0.0370 e. The average molecular weight is 103 g/mol. The molecule has 0 aliphatic rings. The van der Waals surface area contributed by atoms with Crippen molar-refractivity contribution >= 4 is 9.52 Å². The first-order valence-electron chi connectivity index (χ1n) is 2.48. The van der Waals surface area contributed by atoms with Gasteiger partial charge in [0, 0.05) is 9.52 Å². The predicted octanol–water partition coefficient (Wildman–Crippen LogP) is -0.231. The largest absolute Gasteiger partial charge is 0.320 e. The molecule has 1 N–H and O–H groups in total. The van der Waals surface area contributed by atoms with Crippen molar-refractivity contribution in [1.82, 2.24) is 5.32 Å². The van der Waals surface area contributed by atoms with Gasteiger partial charge in [0.1, 0.15) is 0 Å². The molecule has 2 heteroatoms. The molecule has 38 valence electrons. The zero-order valence-corrected chi connectivity index (χ0v) is 6.20. The van der Waals surface area contributed by atoms with E-state index in [1.54, 1.807) is 0 Å². The molecule has 0 bridgehead atoms. The third-order valence-corrected chi connectivity index (χ3v) is 2.74. The number of hydrogen-bond donors (Lipinski definition) is 1. The Labute approximate surface area is 42.0 Å². The molecule has 0 aromatic rings. The van der Waals surface area contributed by atoms with Crippen LogP contribution in [-0.2, 0) is 0 Å². The van der Waals surface area contributed by atoms with E-state index >= 15 is 0 Å². The predicted molar refractivity (Wildman–Crippen MR) is 32.9 cm³/mol. The van der Waals surface area contributed by atoms with Gasteiger partial charge in [0.15, 0.2) is 0 Å². The second kappa shape index (κ2) is 3.37. The molecule has 0 spiro atoms. The van der Waals surface area contributed by atoms with E-state index in [0.29, 0.717) is 0 Å². The highest BCUT2D eigenvalue weighted by atomic mass is 28.2. The molecule has 6 heavy (non-hydrogen) atoms. The third kappa shape index (κ3) is 2.42. The summed E-state index contributed by atoms with van der Waals surface area (Å²) in [6, 6.07) is 0. The minimum atomic E-state index is 0.227.